The van der Waals surface area contributed by atoms with E-state index < -0.39 is 8.07 Å². The second-order valence-electron chi connectivity index (χ2n) is 5.20. The molecule has 92 valence electrons. The average Bonchev–Trinajstić information content (AvgIpc) is 2.27. The fraction of sp³-hybridized carbons (Fsp3) is 0.357. The van der Waals surface area contributed by atoms with E-state index in [1.807, 2.05) is 30.3 Å². The van der Waals surface area contributed by atoms with Gasteiger partial charge >= 0.3 is 0 Å². The number of Topliss-reactive ketones (excluding diaryl/α,β-unsaturated/α-hetero) is 1. The van der Waals surface area contributed by atoms with Crippen LogP contribution < -0.4 is 0 Å². The van der Waals surface area contributed by atoms with E-state index in [9.17, 15) is 4.79 Å². The number of carbonyl (C=O) groups excluding carboxylic acids is 1. The summed E-state index contributed by atoms with van der Waals surface area (Å²) in [5.74, 6) is 0.0436. The third-order valence-corrected chi connectivity index (χ3v) is 3.53. The van der Waals surface area contributed by atoms with Crippen LogP contribution in [0.2, 0.25) is 19.6 Å². The van der Waals surface area contributed by atoms with E-state index >= 15 is 0 Å². The van der Waals surface area contributed by atoms with Gasteiger partial charge in [-0.25, -0.2) is 0 Å². The summed E-state index contributed by atoms with van der Waals surface area (Å²) in [6, 6.07) is 9.25. The molecular formula is C14H20O2Si. The Hall–Kier alpha value is -1.19. The normalized spacial score (nSPS) is 12.6. The lowest BCUT2D eigenvalue weighted by Gasteiger charge is -2.13. The van der Waals surface area contributed by atoms with Gasteiger partial charge < -0.3 is 5.11 Å². The molecule has 3 heteroatoms. The van der Waals surface area contributed by atoms with Crippen molar-refractivity contribution >= 4 is 13.9 Å². The lowest BCUT2D eigenvalue weighted by Crippen LogP contribution is -2.19. The second kappa shape index (κ2) is 5.94. The maximum absolute atomic E-state index is 12.3. The van der Waals surface area contributed by atoms with Crippen LogP contribution in [0.3, 0.4) is 0 Å². The number of hydrogen-bond acceptors (Lipinski definition) is 2. The summed E-state index contributed by atoms with van der Waals surface area (Å²) in [4.78, 5) is 12.3. The number of carbonyl (C=O) groups is 1. The molecule has 1 aromatic carbocycles. The first-order valence-corrected chi connectivity index (χ1v) is 9.44. The molecule has 0 aliphatic carbocycles. The maximum Gasteiger partial charge on any atom is 0.188 e. The predicted molar refractivity (Wildman–Crippen MR) is 73.9 cm³/mol. The Morgan fingerprint density at radius 3 is 2.29 bits per heavy atom. The van der Waals surface area contributed by atoms with Gasteiger partial charge in [-0.2, -0.15) is 0 Å². The van der Waals surface area contributed by atoms with Crippen molar-refractivity contribution in [1.82, 2.24) is 0 Å². The van der Waals surface area contributed by atoms with Crippen molar-refractivity contribution in [3.63, 3.8) is 0 Å². The molecule has 1 aromatic rings. The Kier molecular flexibility index (Phi) is 4.84. The highest BCUT2D eigenvalue weighted by Gasteiger charge is 2.16. The molecule has 0 heterocycles. The van der Waals surface area contributed by atoms with Gasteiger partial charge in [0.15, 0.2) is 5.78 Å². The van der Waals surface area contributed by atoms with Crippen molar-refractivity contribution in [1.29, 1.82) is 0 Å². The molecule has 0 atom stereocenters. The lowest BCUT2D eigenvalue weighted by atomic mass is 10.0. The van der Waals surface area contributed by atoms with Crippen LogP contribution in [0.25, 0.3) is 0 Å². The topological polar surface area (TPSA) is 37.3 Å². The van der Waals surface area contributed by atoms with Gasteiger partial charge in [0, 0.05) is 12.2 Å². The Morgan fingerprint density at radius 2 is 1.82 bits per heavy atom. The molecule has 0 aromatic heterocycles. The van der Waals surface area contributed by atoms with Gasteiger partial charge in [0.2, 0.25) is 0 Å². The Bertz CT molecular complexity index is 402. The van der Waals surface area contributed by atoms with E-state index in [2.05, 4.69) is 25.3 Å². The third-order valence-electron chi connectivity index (χ3n) is 2.32. The van der Waals surface area contributed by atoms with Crippen LogP contribution in [-0.2, 0) is 0 Å². The molecule has 0 bridgehead atoms. The molecule has 0 unspecified atom stereocenters. The molecule has 1 N–H and O–H groups in total. The number of benzene rings is 1. The van der Waals surface area contributed by atoms with Crippen LogP contribution in [0.1, 0.15) is 16.8 Å². The van der Waals surface area contributed by atoms with Crippen molar-refractivity contribution < 1.29 is 9.90 Å². The van der Waals surface area contributed by atoms with Gasteiger partial charge in [0.25, 0.3) is 0 Å². The Balaban J connectivity index is 3.01. The fourth-order valence-corrected chi connectivity index (χ4v) is 2.99. The molecule has 0 aliphatic heterocycles. The van der Waals surface area contributed by atoms with E-state index in [1.54, 1.807) is 0 Å². The minimum atomic E-state index is -1.45. The zero-order chi connectivity index (χ0) is 12.9. The van der Waals surface area contributed by atoms with Gasteiger partial charge in [-0.15, -0.1) is 0 Å². The van der Waals surface area contributed by atoms with Crippen LogP contribution in [0.5, 0.6) is 0 Å². The summed E-state index contributed by atoms with van der Waals surface area (Å²) < 4.78 is 0. The summed E-state index contributed by atoms with van der Waals surface area (Å²) >= 11 is 0. The number of aliphatic hydroxyl groups is 1. The van der Waals surface area contributed by atoms with E-state index in [1.165, 1.54) is 0 Å². The highest BCUT2D eigenvalue weighted by atomic mass is 28.3. The third kappa shape index (κ3) is 4.67. The minimum absolute atomic E-state index is 0.0227. The van der Waals surface area contributed by atoms with Crippen LogP contribution >= 0.6 is 0 Å². The lowest BCUT2D eigenvalue weighted by molar-refractivity contribution is 0.102. The molecule has 0 amide bonds. The standard InChI is InChI=1S/C14H20O2Si/c1-17(2,3)11-13(9-10-15)14(16)12-7-5-4-6-8-12/h4-8,11,15H,9-10H2,1-3H3. The maximum atomic E-state index is 12.3. The minimum Gasteiger partial charge on any atom is -0.396 e. The largest absolute Gasteiger partial charge is 0.396 e. The van der Waals surface area contributed by atoms with E-state index in [0.29, 0.717) is 12.0 Å². The smallest absolute Gasteiger partial charge is 0.188 e. The van der Waals surface area contributed by atoms with Crippen molar-refractivity contribution in [2.45, 2.75) is 26.1 Å². The molecule has 0 saturated heterocycles. The highest BCUT2D eigenvalue weighted by molar-refractivity contribution is 6.81. The number of aliphatic hydroxyl groups excluding tert-OH is 1. The molecule has 0 radical (unpaired) electrons. The molecule has 2 nitrogen and oxygen atoms in total. The molecule has 0 saturated carbocycles. The van der Waals surface area contributed by atoms with Crippen molar-refractivity contribution in [2.75, 3.05) is 6.61 Å². The van der Waals surface area contributed by atoms with Gasteiger partial charge in [-0.1, -0.05) is 55.7 Å². The van der Waals surface area contributed by atoms with E-state index in [0.717, 1.165) is 5.57 Å². The van der Waals surface area contributed by atoms with Crippen molar-refractivity contribution in [3.05, 3.63) is 47.2 Å². The molecule has 0 fully saturated rings. The van der Waals surface area contributed by atoms with Gasteiger partial charge in [0.1, 0.15) is 0 Å². The molecule has 0 aliphatic rings. The quantitative estimate of drug-likeness (QED) is 0.494. The first-order valence-electron chi connectivity index (χ1n) is 5.86. The Labute approximate surface area is 104 Å². The average molecular weight is 248 g/mol. The highest BCUT2D eigenvalue weighted by Crippen LogP contribution is 2.15. The molecule has 1 rings (SSSR count). The molecule has 17 heavy (non-hydrogen) atoms. The Morgan fingerprint density at radius 1 is 1.24 bits per heavy atom. The second-order valence-corrected chi connectivity index (χ2v) is 10.2. The number of rotatable bonds is 5. The summed E-state index contributed by atoms with van der Waals surface area (Å²) in [5, 5.41) is 9.05. The van der Waals surface area contributed by atoms with Gasteiger partial charge in [-0.3, -0.25) is 4.79 Å². The summed E-state index contributed by atoms with van der Waals surface area (Å²) in [5.41, 5.74) is 3.53. The van der Waals surface area contributed by atoms with Crippen LogP contribution in [-0.4, -0.2) is 25.6 Å². The van der Waals surface area contributed by atoms with E-state index in [-0.39, 0.29) is 12.4 Å². The monoisotopic (exact) mass is 248 g/mol. The summed E-state index contributed by atoms with van der Waals surface area (Å²) in [7, 11) is -1.45. The fourth-order valence-electron chi connectivity index (χ4n) is 1.67. The number of ketones is 1. The van der Waals surface area contributed by atoms with Gasteiger partial charge in [-0.05, 0) is 12.0 Å². The van der Waals surface area contributed by atoms with Crippen LogP contribution in [0.4, 0.5) is 0 Å². The van der Waals surface area contributed by atoms with Crippen molar-refractivity contribution in [3.8, 4) is 0 Å². The molecular weight excluding hydrogens is 228 g/mol. The number of hydrogen-bond donors (Lipinski definition) is 1. The van der Waals surface area contributed by atoms with Crippen LogP contribution in [0, 0.1) is 0 Å². The first kappa shape index (κ1) is 13.9. The predicted octanol–water partition coefficient (Wildman–Crippen LogP) is 3.06. The zero-order valence-electron chi connectivity index (χ0n) is 10.7. The zero-order valence-corrected chi connectivity index (χ0v) is 11.7. The van der Waals surface area contributed by atoms with Crippen LogP contribution in [0.15, 0.2) is 41.6 Å². The van der Waals surface area contributed by atoms with Gasteiger partial charge in [0.05, 0.1) is 8.07 Å². The summed E-state index contributed by atoms with van der Waals surface area (Å²) in [6.07, 6.45) is 0.442. The van der Waals surface area contributed by atoms with Crippen molar-refractivity contribution in [2.24, 2.45) is 0 Å². The molecule has 0 spiro atoms. The first-order chi connectivity index (χ1) is 7.94. The van der Waals surface area contributed by atoms with E-state index in [4.69, 9.17) is 5.11 Å². The SMILES string of the molecule is C[Si](C)(C)C=C(CCO)C(=O)c1ccccc1. The summed E-state index contributed by atoms with van der Waals surface area (Å²) in [6.45, 7) is 6.57.